The third-order valence-corrected chi connectivity index (χ3v) is 5.38. The van der Waals surface area contributed by atoms with Crippen LogP contribution in [0.15, 0.2) is 24.5 Å². The average molecular weight is 403 g/mol. The number of piperidine rings is 2. The number of carbonyl (C=O) groups excluding carboxylic acids is 2. The number of hydrogen-bond acceptors (Lipinski definition) is 4. The molecule has 0 atom stereocenters. The Morgan fingerprint density at radius 2 is 1.85 bits per heavy atom. The molecule has 1 aromatic heterocycles. The number of hydrogen-bond donors (Lipinski definition) is 1. The average Bonchev–Trinajstić information content (AvgIpc) is 2.60. The highest BCUT2D eigenvalue weighted by Crippen LogP contribution is 2.40. The van der Waals surface area contributed by atoms with Gasteiger partial charge in [0.25, 0.3) is 0 Å². The van der Waals surface area contributed by atoms with E-state index in [4.69, 9.17) is 0 Å². The van der Waals surface area contributed by atoms with E-state index < -0.39 is 0 Å². The Hall–Kier alpha value is -1.37. The highest BCUT2D eigenvalue weighted by molar-refractivity contribution is 5.85. The van der Waals surface area contributed by atoms with Crippen LogP contribution in [0.3, 0.4) is 0 Å². The second kappa shape index (κ2) is 10.1. The molecule has 1 N–H and O–H groups in total. The minimum Gasteiger partial charge on any atom is -0.342 e. The predicted molar refractivity (Wildman–Crippen MR) is 106 cm³/mol. The number of amides is 2. The zero-order valence-corrected chi connectivity index (χ0v) is 16.8. The van der Waals surface area contributed by atoms with Crippen molar-refractivity contribution in [3.63, 3.8) is 0 Å². The first-order chi connectivity index (χ1) is 11.6. The van der Waals surface area contributed by atoms with Gasteiger partial charge in [0.1, 0.15) is 0 Å². The van der Waals surface area contributed by atoms with E-state index in [0.29, 0.717) is 19.5 Å². The summed E-state index contributed by atoms with van der Waals surface area (Å²) in [5.41, 5.74) is 1.30. The highest BCUT2D eigenvalue weighted by atomic mass is 35.5. The van der Waals surface area contributed by atoms with Crippen LogP contribution in [0.5, 0.6) is 0 Å². The fourth-order valence-corrected chi connectivity index (χ4v) is 3.86. The number of carbonyl (C=O) groups is 2. The van der Waals surface area contributed by atoms with Crippen LogP contribution in [0.25, 0.3) is 0 Å². The summed E-state index contributed by atoms with van der Waals surface area (Å²) in [6.07, 6.45) is 7.09. The smallest absolute Gasteiger partial charge is 0.236 e. The number of nitrogens with one attached hydrogen (secondary N) is 1. The van der Waals surface area contributed by atoms with Crippen LogP contribution in [0, 0.1) is 5.41 Å². The number of likely N-dealkylation sites (N-methyl/N-ethyl adjacent to an activating group) is 1. The lowest BCUT2D eigenvalue weighted by molar-refractivity contribution is -0.142. The molecule has 2 saturated heterocycles. The maximum absolute atomic E-state index is 12.3. The van der Waals surface area contributed by atoms with Crippen molar-refractivity contribution in [2.75, 3.05) is 33.2 Å². The largest absolute Gasteiger partial charge is 0.342 e. The lowest BCUT2D eigenvalue weighted by atomic mass is 9.72. The van der Waals surface area contributed by atoms with Gasteiger partial charge in [-0.15, -0.1) is 24.8 Å². The molecule has 2 aliphatic rings. The van der Waals surface area contributed by atoms with Crippen molar-refractivity contribution in [3.05, 3.63) is 30.1 Å². The molecule has 0 saturated carbocycles. The first kappa shape index (κ1) is 22.7. The fraction of sp³-hybridized carbons (Fsp3) is 0.611. The quantitative estimate of drug-likeness (QED) is 0.834. The SMILES string of the molecule is CNCC(=O)N1CCC2(CCC(=O)N(Cc3ccncc3)C2)CC1.Cl.Cl. The van der Waals surface area contributed by atoms with Gasteiger partial charge in [0.15, 0.2) is 0 Å². The van der Waals surface area contributed by atoms with Crippen LogP contribution >= 0.6 is 24.8 Å². The molecule has 3 heterocycles. The topological polar surface area (TPSA) is 65.5 Å². The number of aromatic nitrogens is 1. The van der Waals surface area contributed by atoms with E-state index in [-0.39, 0.29) is 42.0 Å². The molecule has 6 nitrogen and oxygen atoms in total. The molecule has 0 unspecified atom stereocenters. The van der Waals surface area contributed by atoms with Crippen LogP contribution in [0.4, 0.5) is 0 Å². The van der Waals surface area contributed by atoms with E-state index in [1.807, 2.05) is 21.9 Å². The molecule has 2 aliphatic heterocycles. The molecule has 1 spiro atoms. The Labute approximate surface area is 167 Å². The molecule has 3 rings (SSSR count). The maximum Gasteiger partial charge on any atom is 0.236 e. The van der Waals surface area contributed by atoms with Gasteiger partial charge >= 0.3 is 0 Å². The number of likely N-dealkylation sites (tertiary alicyclic amines) is 2. The van der Waals surface area contributed by atoms with E-state index >= 15 is 0 Å². The van der Waals surface area contributed by atoms with Crippen molar-refractivity contribution in [3.8, 4) is 0 Å². The van der Waals surface area contributed by atoms with Gasteiger partial charge in [-0.1, -0.05) is 0 Å². The second-order valence-electron chi connectivity index (χ2n) is 7.02. The van der Waals surface area contributed by atoms with Crippen molar-refractivity contribution in [2.24, 2.45) is 5.41 Å². The molecule has 8 heteroatoms. The van der Waals surface area contributed by atoms with Crippen molar-refractivity contribution in [1.82, 2.24) is 20.1 Å². The van der Waals surface area contributed by atoms with Crippen molar-refractivity contribution in [1.29, 1.82) is 0 Å². The van der Waals surface area contributed by atoms with Crippen molar-refractivity contribution in [2.45, 2.75) is 32.2 Å². The van der Waals surface area contributed by atoms with Gasteiger partial charge in [0.2, 0.25) is 11.8 Å². The molecule has 2 amide bonds. The van der Waals surface area contributed by atoms with Crippen LogP contribution < -0.4 is 5.32 Å². The molecule has 0 radical (unpaired) electrons. The summed E-state index contributed by atoms with van der Waals surface area (Å²) in [4.78, 5) is 32.3. The fourth-order valence-electron chi connectivity index (χ4n) is 3.86. The van der Waals surface area contributed by atoms with Crippen LogP contribution in [0.2, 0.25) is 0 Å². The first-order valence-corrected chi connectivity index (χ1v) is 8.71. The molecular formula is C18H28Cl2N4O2. The van der Waals surface area contributed by atoms with Crippen LogP contribution in [0.1, 0.15) is 31.2 Å². The lowest BCUT2D eigenvalue weighted by Crippen LogP contribution is -2.52. The summed E-state index contributed by atoms with van der Waals surface area (Å²) in [5.74, 6) is 0.416. The summed E-state index contributed by atoms with van der Waals surface area (Å²) < 4.78 is 0. The third kappa shape index (κ3) is 5.32. The third-order valence-electron chi connectivity index (χ3n) is 5.38. The number of halogens is 2. The highest BCUT2D eigenvalue weighted by Gasteiger charge is 2.41. The van der Waals surface area contributed by atoms with Gasteiger partial charge in [0, 0.05) is 45.0 Å². The first-order valence-electron chi connectivity index (χ1n) is 8.71. The normalized spacial score (nSPS) is 18.9. The minimum atomic E-state index is 0. The Kier molecular flexibility index (Phi) is 8.80. The predicted octanol–water partition coefficient (Wildman–Crippen LogP) is 1.88. The minimum absolute atomic E-state index is 0. The summed E-state index contributed by atoms with van der Waals surface area (Å²) in [5, 5.41) is 2.93. The summed E-state index contributed by atoms with van der Waals surface area (Å²) in [7, 11) is 1.80. The van der Waals surface area contributed by atoms with Gasteiger partial charge in [0.05, 0.1) is 6.54 Å². The lowest BCUT2D eigenvalue weighted by Gasteiger charge is -2.47. The monoisotopic (exact) mass is 402 g/mol. The molecule has 146 valence electrons. The standard InChI is InChI=1S/C18H26N4O2.2ClH/c1-19-12-17(24)21-10-6-18(7-11-21)5-2-16(23)22(14-18)13-15-3-8-20-9-4-15;;/h3-4,8-9,19H,2,5-7,10-14H2,1H3;2*1H. The molecule has 26 heavy (non-hydrogen) atoms. The van der Waals surface area contributed by atoms with Gasteiger partial charge in [-0.05, 0) is 49.4 Å². The Bertz CT molecular complexity index is 592. The number of nitrogens with zero attached hydrogens (tertiary/aromatic N) is 3. The molecule has 0 bridgehead atoms. The summed E-state index contributed by atoms with van der Waals surface area (Å²) in [6, 6.07) is 3.93. The van der Waals surface area contributed by atoms with Gasteiger partial charge < -0.3 is 15.1 Å². The van der Waals surface area contributed by atoms with Gasteiger partial charge in [-0.25, -0.2) is 0 Å². The van der Waals surface area contributed by atoms with Gasteiger partial charge in [-0.3, -0.25) is 14.6 Å². The van der Waals surface area contributed by atoms with Crippen molar-refractivity contribution >= 4 is 36.6 Å². The molecular weight excluding hydrogens is 375 g/mol. The maximum atomic E-state index is 12.3. The second-order valence-corrected chi connectivity index (χ2v) is 7.02. The molecule has 0 aliphatic carbocycles. The van der Waals surface area contributed by atoms with E-state index in [1.165, 1.54) is 0 Å². The number of pyridine rings is 1. The Morgan fingerprint density at radius 1 is 1.19 bits per heavy atom. The Balaban J connectivity index is 0.00000169. The van der Waals surface area contributed by atoms with E-state index in [2.05, 4.69) is 10.3 Å². The zero-order valence-electron chi connectivity index (χ0n) is 15.1. The molecule has 2 fully saturated rings. The number of rotatable bonds is 4. The van der Waals surface area contributed by atoms with Gasteiger partial charge in [-0.2, -0.15) is 0 Å². The molecule has 0 aromatic carbocycles. The van der Waals surface area contributed by atoms with Crippen LogP contribution in [-0.4, -0.2) is 59.8 Å². The molecule has 1 aromatic rings. The summed E-state index contributed by atoms with van der Waals surface area (Å²) >= 11 is 0. The Morgan fingerprint density at radius 3 is 2.46 bits per heavy atom. The van der Waals surface area contributed by atoms with Crippen molar-refractivity contribution < 1.29 is 9.59 Å². The summed E-state index contributed by atoms with van der Waals surface area (Å²) in [6.45, 7) is 3.48. The zero-order chi connectivity index (χ0) is 17.0. The van der Waals surface area contributed by atoms with E-state index in [1.54, 1.807) is 19.4 Å². The van der Waals surface area contributed by atoms with E-state index in [9.17, 15) is 9.59 Å². The van der Waals surface area contributed by atoms with E-state index in [0.717, 1.165) is 44.5 Å². The van der Waals surface area contributed by atoms with Crippen LogP contribution in [-0.2, 0) is 16.1 Å².